The van der Waals surface area contributed by atoms with Gasteiger partial charge in [0, 0.05) is 12.1 Å². The van der Waals surface area contributed by atoms with Crippen molar-refractivity contribution in [3.8, 4) is 23.7 Å². The average Bonchev–Trinajstić information content (AvgIpc) is 3.15. The van der Waals surface area contributed by atoms with Crippen LogP contribution in [0.15, 0.2) is 61.2 Å². The van der Waals surface area contributed by atoms with Gasteiger partial charge in [0.05, 0.1) is 34.0 Å². The lowest BCUT2D eigenvalue weighted by Gasteiger charge is -1.95. The number of benzene rings is 1. The third-order valence-corrected chi connectivity index (χ3v) is 4.51. The number of hydrogen-bond donors (Lipinski definition) is 0. The van der Waals surface area contributed by atoms with E-state index in [2.05, 4.69) is 32.4 Å². The Bertz CT molecular complexity index is 1170. The van der Waals surface area contributed by atoms with Crippen molar-refractivity contribution in [3.63, 3.8) is 0 Å². The first-order valence-electron chi connectivity index (χ1n) is 8.39. The molecule has 0 amide bonds. The summed E-state index contributed by atoms with van der Waals surface area (Å²) in [5.41, 5.74) is 5.24. The van der Waals surface area contributed by atoms with Crippen LogP contribution in [-0.2, 0) is 14.1 Å². The standard InChI is InChI=1S/C22H16N4S/c1-25-13-3-5-17(15-25)7-9-19-11-12-20(22-21(19)23-27-24-22)10-8-18-6-4-14-26(2)16-18/h3-6,11-16H,1-2H3/q+2. The first-order chi connectivity index (χ1) is 13.2. The quantitative estimate of drug-likeness (QED) is 0.352. The molecule has 0 fully saturated rings. The zero-order valence-corrected chi connectivity index (χ0v) is 15.8. The molecule has 0 spiro atoms. The van der Waals surface area contributed by atoms with Crippen LogP contribution in [0.3, 0.4) is 0 Å². The smallest absolute Gasteiger partial charge is 0.184 e. The Morgan fingerprint density at radius 3 is 1.63 bits per heavy atom. The summed E-state index contributed by atoms with van der Waals surface area (Å²) in [6.45, 7) is 0. The van der Waals surface area contributed by atoms with Crippen LogP contribution in [0.1, 0.15) is 22.3 Å². The molecule has 3 aromatic heterocycles. The zero-order valence-electron chi connectivity index (χ0n) is 15.0. The van der Waals surface area contributed by atoms with E-state index in [1.807, 2.05) is 84.4 Å². The topological polar surface area (TPSA) is 33.5 Å². The number of pyridine rings is 2. The highest BCUT2D eigenvalue weighted by atomic mass is 32.1. The van der Waals surface area contributed by atoms with E-state index in [-0.39, 0.29) is 0 Å². The zero-order chi connectivity index (χ0) is 18.6. The van der Waals surface area contributed by atoms with Crippen LogP contribution >= 0.6 is 11.7 Å². The summed E-state index contributed by atoms with van der Waals surface area (Å²) in [7, 11) is 3.96. The molecule has 4 rings (SSSR count). The van der Waals surface area contributed by atoms with Gasteiger partial charge in [0.1, 0.15) is 25.1 Å². The second-order valence-corrected chi connectivity index (χ2v) is 6.67. The normalized spacial score (nSPS) is 10.0. The lowest BCUT2D eigenvalue weighted by atomic mass is 10.1. The molecule has 27 heavy (non-hydrogen) atoms. The highest BCUT2D eigenvalue weighted by Gasteiger charge is 2.08. The molecule has 0 aliphatic rings. The second-order valence-electron chi connectivity index (χ2n) is 6.14. The maximum absolute atomic E-state index is 4.43. The summed E-state index contributed by atoms with van der Waals surface area (Å²) < 4.78 is 12.8. The third kappa shape index (κ3) is 3.84. The molecule has 0 N–H and O–H groups in total. The fourth-order valence-electron chi connectivity index (χ4n) is 2.67. The van der Waals surface area contributed by atoms with Crippen molar-refractivity contribution in [2.24, 2.45) is 14.1 Å². The maximum Gasteiger partial charge on any atom is 0.184 e. The largest absolute Gasteiger partial charge is 0.207 e. The maximum atomic E-state index is 4.43. The predicted molar refractivity (Wildman–Crippen MR) is 105 cm³/mol. The molecule has 0 saturated carbocycles. The van der Waals surface area contributed by atoms with Gasteiger partial charge >= 0.3 is 0 Å². The van der Waals surface area contributed by atoms with Gasteiger partial charge < -0.3 is 0 Å². The molecule has 0 bridgehead atoms. The Morgan fingerprint density at radius 2 is 1.19 bits per heavy atom. The van der Waals surface area contributed by atoms with Crippen LogP contribution in [0.5, 0.6) is 0 Å². The van der Waals surface area contributed by atoms with Gasteiger partial charge in [0.2, 0.25) is 0 Å². The SMILES string of the molecule is C[n+]1cccc(C#Cc2ccc(C#Cc3ccc[n+](C)c3)c3nsnc23)c1. The minimum Gasteiger partial charge on any atom is -0.207 e. The van der Waals surface area contributed by atoms with Crippen LogP contribution < -0.4 is 9.13 Å². The van der Waals surface area contributed by atoms with Gasteiger partial charge in [-0.05, 0) is 24.3 Å². The van der Waals surface area contributed by atoms with Crippen molar-refractivity contribution in [1.29, 1.82) is 0 Å². The number of fused-ring (bicyclic) bond motifs is 1. The lowest BCUT2D eigenvalue weighted by molar-refractivity contribution is -0.671. The monoisotopic (exact) mass is 368 g/mol. The summed E-state index contributed by atoms with van der Waals surface area (Å²) in [6.07, 6.45) is 7.94. The van der Waals surface area contributed by atoms with Crippen molar-refractivity contribution in [2.45, 2.75) is 0 Å². The van der Waals surface area contributed by atoms with Crippen LogP contribution in [0.25, 0.3) is 11.0 Å². The lowest BCUT2D eigenvalue weighted by Crippen LogP contribution is -2.26. The molecule has 0 atom stereocenters. The van der Waals surface area contributed by atoms with Gasteiger partial charge in [-0.2, -0.15) is 8.75 Å². The highest BCUT2D eigenvalue weighted by Crippen LogP contribution is 2.20. The van der Waals surface area contributed by atoms with Gasteiger partial charge in [0.15, 0.2) is 24.8 Å². The van der Waals surface area contributed by atoms with Gasteiger partial charge in [-0.3, -0.25) is 0 Å². The summed E-state index contributed by atoms with van der Waals surface area (Å²) in [5.74, 6) is 12.8. The van der Waals surface area contributed by atoms with Crippen LogP contribution in [0.4, 0.5) is 0 Å². The molecular formula is C22H16N4S+2. The van der Waals surface area contributed by atoms with E-state index >= 15 is 0 Å². The minimum absolute atomic E-state index is 0.804. The summed E-state index contributed by atoms with van der Waals surface area (Å²) in [6, 6.07) is 11.9. The number of nitrogens with zero attached hydrogens (tertiary/aromatic N) is 4. The summed E-state index contributed by atoms with van der Waals surface area (Å²) in [5, 5.41) is 0. The van der Waals surface area contributed by atoms with E-state index < -0.39 is 0 Å². The number of aromatic nitrogens is 4. The van der Waals surface area contributed by atoms with E-state index in [9.17, 15) is 0 Å². The first kappa shape index (κ1) is 16.9. The van der Waals surface area contributed by atoms with E-state index in [1.54, 1.807) is 0 Å². The Morgan fingerprint density at radius 1 is 0.704 bits per heavy atom. The molecule has 4 nitrogen and oxygen atoms in total. The average molecular weight is 368 g/mol. The van der Waals surface area contributed by atoms with E-state index in [4.69, 9.17) is 0 Å². The molecule has 0 aliphatic carbocycles. The fourth-order valence-corrected chi connectivity index (χ4v) is 3.24. The highest BCUT2D eigenvalue weighted by molar-refractivity contribution is 7.00. The van der Waals surface area contributed by atoms with E-state index in [0.717, 1.165) is 33.3 Å². The van der Waals surface area contributed by atoms with Crippen molar-refractivity contribution in [2.75, 3.05) is 0 Å². The Hall–Kier alpha value is -3.54. The number of rotatable bonds is 0. The van der Waals surface area contributed by atoms with Crippen molar-refractivity contribution in [1.82, 2.24) is 8.75 Å². The predicted octanol–water partition coefficient (Wildman–Crippen LogP) is 2.14. The molecule has 0 radical (unpaired) electrons. The van der Waals surface area contributed by atoms with Gasteiger partial charge in [0.25, 0.3) is 0 Å². The van der Waals surface area contributed by atoms with Crippen molar-refractivity contribution < 1.29 is 9.13 Å². The second kappa shape index (κ2) is 7.37. The fraction of sp³-hybridized carbons (Fsp3) is 0.0909. The van der Waals surface area contributed by atoms with Crippen molar-refractivity contribution >= 4 is 22.8 Å². The van der Waals surface area contributed by atoms with Crippen LogP contribution in [0, 0.1) is 23.7 Å². The Labute approximate surface area is 162 Å². The molecule has 128 valence electrons. The molecule has 4 aromatic rings. The van der Waals surface area contributed by atoms with Gasteiger partial charge in [-0.15, -0.1) is 0 Å². The number of aryl methyl sites for hydroxylation is 2. The summed E-state index contributed by atoms with van der Waals surface area (Å²) >= 11 is 1.19. The molecule has 0 unspecified atom stereocenters. The van der Waals surface area contributed by atoms with Crippen molar-refractivity contribution in [3.05, 3.63) is 83.4 Å². The third-order valence-electron chi connectivity index (χ3n) is 3.98. The molecule has 3 heterocycles. The summed E-state index contributed by atoms with van der Waals surface area (Å²) in [4.78, 5) is 0. The molecular weight excluding hydrogens is 352 g/mol. The Balaban J connectivity index is 1.72. The Kier molecular flexibility index (Phi) is 4.61. The molecule has 0 saturated heterocycles. The van der Waals surface area contributed by atoms with Crippen LogP contribution in [0.2, 0.25) is 0 Å². The van der Waals surface area contributed by atoms with Crippen LogP contribution in [-0.4, -0.2) is 8.75 Å². The number of hydrogen-bond acceptors (Lipinski definition) is 3. The van der Waals surface area contributed by atoms with Gasteiger partial charge in [-0.25, -0.2) is 9.13 Å². The first-order valence-corrected chi connectivity index (χ1v) is 9.12. The van der Waals surface area contributed by atoms with E-state index in [1.165, 1.54) is 11.7 Å². The minimum atomic E-state index is 0.804. The van der Waals surface area contributed by atoms with Gasteiger partial charge in [-0.1, -0.05) is 23.7 Å². The van der Waals surface area contributed by atoms with E-state index in [0.29, 0.717) is 0 Å². The molecule has 5 heteroatoms. The molecule has 1 aromatic carbocycles. The molecule has 0 aliphatic heterocycles.